The van der Waals surface area contributed by atoms with Gasteiger partial charge in [-0.25, -0.2) is 4.79 Å². The zero-order valence-corrected chi connectivity index (χ0v) is 23.2. The molecule has 4 N–H and O–H groups in total. The summed E-state index contributed by atoms with van der Waals surface area (Å²) in [4.78, 5) is 11.8. The van der Waals surface area contributed by atoms with E-state index in [2.05, 4.69) is 52.5 Å². The normalized spacial score (nSPS) is 20.6. The van der Waals surface area contributed by atoms with Gasteiger partial charge in [-0.3, -0.25) is 0 Å². The summed E-state index contributed by atoms with van der Waals surface area (Å²) < 4.78 is 13.1. The van der Waals surface area contributed by atoms with E-state index in [1.54, 1.807) is 0 Å². The van der Waals surface area contributed by atoms with Gasteiger partial charge in [0.05, 0.1) is 13.2 Å². The van der Waals surface area contributed by atoms with Gasteiger partial charge < -0.3 is 32.7 Å². The zero-order chi connectivity index (χ0) is 24.9. The maximum absolute atomic E-state index is 11.8. The maximum Gasteiger partial charge on any atom is 0.331 e. The van der Waals surface area contributed by atoms with Crippen LogP contribution in [0.15, 0.2) is 23.8 Å². The Morgan fingerprint density at radius 2 is 1.94 bits per heavy atom. The molecule has 0 saturated heterocycles. The highest BCUT2D eigenvalue weighted by atomic mass is 35.5. The van der Waals surface area contributed by atoms with E-state index < -0.39 is 5.97 Å². The highest BCUT2D eigenvalue weighted by molar-refractivity contribution is 5.87. The third-order valence-corrected chi connectivity index (χ3v) is 7.90. The molecule has 198 valence electrons. The molecule has 35 heavy (non-hydrogen) atoms. The van der Waals surface area contributed by atoms with Crippen LogP contribution in [0, 0.1) is 5.92 Å². The second-order valence-corrected chi connectivity index (χ2v) is 11.4. The lowest BCUT2D eigenvalue weighted by Gasteiger charge is -2.47. The average molecular weight is 508 g/mol. The minimum atomic E-state index is -0.813. The molecule has 3 rings (SSSR count). The molecule has 2 atom stereocenters. The van der Waals surface area contributed by atoms with Gasteiger partial charge in [0.1, 0.15) is 17.1 Å². The number of halogens is 1. The highest BCUT2D eigenvalue weighted by Crippen LogP contribution is 2.55. The molecule has 1 aliphatic carbocycles. The number of rotatable bonds is 12. The Bertz CT molecular complexity index is 893. The lowest BCUT2D eigenvalue weighted by atomic mass is 9.66. The minimum absolute atomic E-state index is 0. The van der Waals surface area contributed by atoms with Gasteiger partial charge in [0.2, 0.25) is 0 Å². The van der Waals surface area contributed by atoms with Crippen LogP contribution in [0.25, 0.3) is 0 Å². The summed E-state index contributed by atoms with van der Waals surface area (Å²) in [6, 6.07) is 4.44. The predicted octanol–water partition coefficient (Wildman–Crippen LogP) is 3.02. The van der Waals surface area contributed by atoms with Crippen molar-refractivity contribution in [2.24, 2.45) is 5.92 Å². The molecule has 0 radical (unpaired) electrons. The molecular formula is C29H46ClNO4. The molecule has 0 aromatic heterocycles. The Morgan fingerprint density at radius 1 is 1.20 bits per heavy atom. The topological polar surface area (TPSA) is 83.4 Å². The largest absolute Gasteiger partial charge is 1.00 e. The number of hydrogen-bond donors (Lipinski definition) is 2. The summed E-state index contributed by atoms with van der Waals surface area (Å²) in [7, 11) is 0. The van der Waals surface area contributed by atoms with Gasteiger partial charge in [-0.05, 0) is 69.1 Å². The molecule has 1 aromatic carbocycles. The maximum atomic E-state index is 11.8. The first kappa shape index (κ1) is 29.5. The number of quaternary nitrogens is 1. The summed E-state index contributed by atoms with van der Waals surface area (Å²) in [5, 5.41) is 9.71. The minimum Gasteiger partial charge on any atom is -1.00 e. The van der Waals surface area contributed by atoms with Crippen molar-refractivity contribution in [2.75, 3.05) is 13.2 Å². The number of carboxylic acids is 1. The number of hydrogen-bond acceptors (Lipinski definition) is 3. The molecule has 0 fully saturated rings. The monoisotopic (exact) mass is 507 g/mol. The van der Waals surface area contributed by atoms with Crippen LogP contribution in [0.1, 0.15) is 109 Å². The van der Waals surface area contributed by atoms with E-state index in [-0.39, 0.29) is 35.3 Å². The zero-order valence-electron chi connectivity index (χ0n) is 22.4. The molecule has 1 aliphatic heterocycles. The van der Waals surface area contributed by atoms with Crippen LogP contribution < -0.4 is 27.6 Å². The lowest BCUT2D eigenvalue weighted by Crippen LogP contribution is -3.00. The number of aliphatic carboxylic acids is 1. The first-order valence-electron chi connectivity index (χ1n) is 13.3. The number of carbonyl (C=O) groups is 1. The van der Waals surface area contributed by atoms with Crippen LogP contribution in [0.4, 0.5) is 0 Å². The standard InChI is InChI=1S/C29H45NO4.ClH/c1-6-7-8-9-14-28(2,3)21-18-24(33-16-11-10-15-30)26-22-17-20(27(31)32)12-13-23(22)29(4,5)34-25(26)19-21;/h12,18-19,22-23H,6-11,13-17,30H2,1-5H3,(H,31,32);1H/t22-,23-;/m1./s1. The molecule has 0 bridgehead atoms. The van der Waals surface area contributed by atoms with Crippen molar-refractivity contribution in [3.8, 4) is 11.5 Å². The highest BCUT2D eigenvalue weighted by Gasteiger charge is 2.47. The SMILES string of the molecule is CCCCCCC(C)(C)c1cc(OCCCC[NH3+])c2c(c1)OC(C)(C)[C@@H]1CC=C(C(=O)O)C[C@@H]21.[Cl-]. The Hall–Kier alpha value is -1.72. The smallest absolute Gasteiger partial charge is 0.331 e. The van der Waals surface area contributed by atoms with Crippen molar-refractivity contribution in [1.82, 2.24) is 0 Å². The van der Waals surface area contributed by atoms with Crippen molar-refractivity contribution in [2.45, 2.75) is 109 Å². The van der Waals surface area contributed by atoms with E-state index in [0.29, 0.717) is 25.0 Å². The number of unbranched alkanes of at least 4 members (excludes halogenated alkanes) is 4. The Balaban J connectivity index is 0.00000432. The molecule has 2 aliphatic rings. The summed E-state index contributed by atoms with van der Waals surface area (Å²) in [6.07, 6.45) is 11.2. The molecule has 0 unspecified atom stereocenters. The van der Waals surface area contributed by atoms with Crippen LogP contribution in [0.3, 0.4) is 0 Å². The summed E-state index contributed by atoms with van der Waals surface area (Å²) in [5.74, 6) is 1.25. The van der Waals surface area contributed by atoms with Crippen molar-refractivity contribution >= 4 is 5.97 Å². The Labute approximate surface area is 218 Å². The molecular weight excluding hydrogens is 462 g/mol. The van der Waals surface area contributed by atoms with E-state index in [1.165, 1.54) is 31.2 Å². The van der Waals surface area contributed by atoms with E-state index in [4.69, 9.17) is 9.47 Å². The number of ether oxygens (including phenoxy) is 2. The average Bonchev–Trinajstić information content (AvgIpc) is 2.78. The third kappa shape index (κ3) is 6.95. The van der Waals surface area contributed by atoms with Gasteiger partial charge >= 0.3 is 5.97 Å². The molecule has 1 aromatic rings. The fraction of sp³-hybridized carbons (Fsp3) is 0.690. The van der Waals surface area contributed by atoms with Gasteiger partial charge in [-0.1, -0.05) is 52.5 Å². The van der Waals surface area contributed by atoms with E-state index in [1.807, 2.05) is 6.08 Å². The van der Waals surface area contributed by atoms with Gasteiger partial charge in [-0.15, -0.1) is 0 Å². The number of carboxylic acid groups (broad SMARTS) is 1. The van der Waals surface area contributed by atoms with Crippen molar-refractivity contribution in [3.05, 3.63) is 34.9 Å². The van der Waals surface area contributed by atoms with Gasteiger partial charge in [0, 0.05) is 23.0 Å². The lowest BCUT2D eigenvalue weighted by molar-refractivity contribution is -0.368. The number of benzene rings is 1. The molecule has 0 spiro atoms. The number of allylic oxidation sites excluding steroid dienone is 1. The first-order valence-corrected chi connectivity index (χ1v) is 13.3. The van der Waals surface area contributed by atoms with Crippen molar-refractivity contribution in [3.63, 3.8) is 0 Å². The molecule has 1 heterocycles. The Morgan fingerprint density at radius 3 is 2.60 bits per heavy atom. The van der Waals surface area contributed by atoms with Gasteiger partial charge in [0.25, 0.3) is 0 Å². The summed E-state index contributed by atoms with van der Waals surface area (Å²) in [6.45, 7) is 12.7. The van der Waals surface area contributed by atoms with E-state index in [0.717, 1.165) is 42.9 Å². The summed E-state index contributed by atoms with van der Waals surface area (Å²) >= 11 is 0. The van der Waals surface area contributed by atoms with Crippen LogP contribution in [0.2, 0.25) is 0 Å². The van der Waals surface area contributed by atoms with E-state index in [9.17, 15) is 9.90 Å². The van der Waals surface area contributed by atoms with Crippen LogP contribution in [0.5, 0.6) is 11.5 Å². The fourth-order valence-corrected chi connectivity index (χ4v) is 5.66. The van der Waals surface area contributed by atoms with Crippen molar-refractivity contribution in [1.29, 1.82) is 0 Å². The molecule has 0 amide bonds. The molecule has 0 saturated carbocycles. The fourth-order valence-electron chi connectivity index (χ4n) is 5.66. The molecule has 6 heteroatoms. The second-order valence-electron chi connectivity index (χ2n) is 11.4. The van der Waals surface area contributed by atoms with Gasteiger partial charge in [-0.2, -0.15) is 0 Å². The van der Waals surface area contributed by atoms with E-state index >= 15 is 0 Å². The first-order chi connectivity index (χ1) is 16.1. The number of fused-ring (bicyclic) bond motifs is 3. The quantitative estimate of drug-likeness (QED) is 0.426. The third-order valence-electron chi connectivity index (χ3n) is 7.90. The second kappa shape index (κ2) is 12.5. The van der Waals surface area contributed by atoms with Crippen molar-refractivity contribution < 1.29 is 37.5 Å². The summed E-state index contributed by atoms with van der Waals surface area (Å²) in [5.41, 5.74) is 6.41. The Kier molecular flexibility index (Phi) is 10.5. The van der Waals surface area contributed by atoms with Crippen LogP contribution in [-0.4, -0.2) is 29.8 Å². The predicted molar refractivity (Wildman–Crippen MR) is 137 cm³/mol. The molecule has 5 nitrogen and oxygen atoms in total. The van der Waals surface area contributed by atoms with Crippen LogP contribution >= 0.6 is 0 Å². The van der Waals surface area contributed by atoms with Gasteiger partial charge in [0.15, 0.2) is 0 Å². The van der Waals surface area contributed by atoms with Crippen LogP contribution in [-0.2, 0) is 10.2 Å².